The quantitative estimate of drug-likeness (QED) is 0.800. The second kappa shape index (κ2) is 5.87. The molecule has 1 aromatic rings. The number of rotatable bonds is 4. The molecule has 0 saturated carbocycles. The van der Waals surface area contributed by atoms with Gasteiger partial charge in [0.2, 0.25) is 0 Å². The third-order valence-corrected chi connectivity index (χ3v) is 4.03. The number of halogens is 1. The number of anilines is 1. The molecule has 18 heavy (non-hydrogen) atoms. The molecule has 1 fully saturated rings. The molecule has 0 spiro atoms. The van der Waals surface area contributed by atoms with Crippen LogP contribution in [0.25, 0.3) is 0 Å². The molecule has 1 aromatic heterocycles. The van der Waals surface area contributed by atoms with Crippen molar-refractivity contribution in [2.75, 3.05) is 16.8 Å². The number of alkyl halides is 1. The summed E-state index contributed by atoms with van der Waals surface area (Å²) in [6, 6.07) is 0.403. The number of hydrogen-bond acceptors (Lipinski definition) is 3. The largest absolute Gasteiger partial charge is 0.348 e. The molecule has 1 atom stereocenters. The van der Waals surface area contributed by atoms with E-state index in [9.17, 15) is 4.79 Å². The van der Waals surface area contributed by atoms with Crippen molar-refractivity contribution in [1.82, 2.24) is 9.55 Å². The number of hydrogen-bond donors (Lipinski definition) is 0. The Bertz CT molecular complexity index is 458. The van der Waals surface area contributed by atoms with E-state index in [1.165, 1.54) is 0 Å². The van der Waals surface area contributed by atoms with Crippen LogP contribution >= 0.6 is 15.9 Å². The first kappa shape index (κ1) is 13.6. The lowest BCUT2D eigenvalue weighted by Gasteiger charge is -2.24. The Morgan fingerprint density at radius 1 is 1.56 bits per heavy atom. The van der Waals surface area contributed by atoms with Crippen LogP contribution in [0, 0.1) is 5.92 Å². The summed E-state index contributed by atoms with van der Waals surface area (Å²) in [6.45, 7) is 5.92. The van der Waals surface area contributed by atoms with Crippen molar-refractivity contribution in [3.63, 3.8) is 0 Å². The van der Waals surface area contributed by atoms with E-state index < -0.39 is 0 Å². The van der Waals surface area contributed by atoms with E-state index >= 15 is 0 Å². The SMILES string of the molecule is CC(C)Cn1ccnc(N2CCCC2CBr)c1=O. The highest BCUT2D eigenvalue weighted by Crippen LogP contribution is 2.22. The molecule has 4 nitrogen and oxygen atoms in total. The molecule has 2 heterocycles. The Balaban J connectivity index is 2.31. The predicted octanol–water partition coefficient (Wildman–Crippen LogP) is 2.26. The zero-order valence-electron chi connectivity index (χ0n) is 11.0. The zero-order valence-corrected chi connectivity index (χ0v) is 12.6. The van der Waals surface area contributed by atoms with Crippen molar-refractivity contribution in [2.24, 2.45) is 5.92 Å². The minimum absolute atomic E-state index is 0.0408. The van der Waals surface area contributed by atoms with E-state index in [2.05, 4.69) is 39.7 Å². The fourth-order valence-electron chi connectivity index (χ4n) is 2.44. The lowest BCUT2D eigenvalue weighted by atomic mass is 10.2. The van der Waals surface area contributed by atoms with Crippen molar-refractivity contribution < 1.29 is 0 Å². The Morgan fingerprint density at radius 3 is 3.00 bits per heavy atom. The maximum atomic E-state index is 12.4. The Kier molecular flexibility index (Phi) is 4.43. The molecule has 2 rings (SSSR count). The maximum absolute atomic E-state index is 12.4. The fourth-order valence-corrected chi connectivity index (χ4v) is 3.12. The van der Waals surface area contributed by atoms with Gasteiger partial charge < -0.3 is 9.47 Å². The zero-order chi connectivity index (χ0) is 13.1. The van der Waals surface area contributed by atoms with E-state index in [0.29, 0.717) is 17.8 Å². The van der Waals surface area contributed by atoms with Gasteiger partial charge in [-0.25, -0.2) is 4.98 Å². The van der Waals surface area contributed by atoms with Crippen LogP contribution in [0.2, 0.25) is 0 Å². The molecule has 0 aromatic carbocycles. The van der Waals surface area contributed by atoms with Crippen LogP contribution in [-0.4, -0.2) is 27.5 Å². The van der Waals surface area contributed by atoms with E-state index in [1.54, 1.807) is 17.0 Å². The van der Waals surface area contributed by atoms with E-state index in [1.807, 2.05) is 0 Å². The predicted molar refractivity (Wildman–Crippen MR) is 77.5 cm³/mol. The topological polar surface area (TPSA) is 38.1 Å². The second-order valence-corrected chi connectivity index (χ2v) is 5.89. The van der Waals surface area contributed by atoms with Gasteiger partial charge in [0, 0.05) is 36.9 Å². The van der Waals surface area contributed by atoms with Crippen LogP contribution in [0.15, 0.2) is 17.2 Å². The van der Waals surface area contributed by atoms with Gasteiger partial charge in [0.1, 0.15) is 0 Å². The minimum atomic E-state index is 0.0408. The minimum Gasteiger partial charge on any atom is -0.348 e. The van der Waals surface area contributed by atoms with Gasteiger partial charge in [-0.3, -0.25) is 4.79 Å². The maximum Gasteiger partial charge on any atom is 0.293 e. The summed E-state index contributed by atoms with van der Waals surface area (Å²) >= 11 is 3.52. The monoisotopic (exact) mass is 313 g/mol. The first-order chi connectivity index (χ1) is 8.63. The van der Waals surface area contributed by atoms with Gasteiger partial charge in [0.25, 0.3) is 5.56 Å². The van der Waals surface area contributed by atoms with Crippen LogP contribution in [0.4, 0.5) is 5.82 Å². The summed E-state index contributed by atoms with van der Waals surface area (Å²) in [7, 11) is 0. The fraction of sp³-hybridized carbons (Fsp3) is 0.692. The first-order valence-corrected chi connectivity index (χ1v) is 7.63. The van der Waals surface area contributed by atoms with Crippen LogP contribution in [0.3, 0.4) is 0 Å². The molecule has 5 heteroatoms. The molecule has 100 valence electrons. The van der Waals surface area contributed by atoms with Crippen LogP contribution in [0.5, 0.6) is 0 Å². The van der Waals surface area contributed by atoms with Crippen molar-refractivity contribution in [3.8, 4) is 0 Å². The van der Waals surface area contributed by atoms with Crippen molar-refractivity contribution >= 4 is 21.7 Å². The van der Waals surface area contributed by atoms with Gasteiger partial charge in [0.15, 0.2) is 5.82 Å². The average Bonchev–Trinajstić information content (AvgIpc) is 2.79. The van der Waals surface area contributed by atoms with Crippen LogP contribution in [-0.2, 0) is 6.54 Å². The van der Waals surface area contributed by atoms with Crippen molar-refractivity contribution in [2.45, 2.75) is 39.3 Å². The van der Waals surface area contributed by atoms with Gasteiger partial charge in [-0.1, -0.05) is 29.8 Å². The third kappa shape index (κ3) is 2.76. The molecular weight excluding hydrogens is 294 g/mol. The lowest BCUT2D eigenvalue weighted by molar-refractivity contribution is 0.507. The molecule has 0 bridgehead atoms. The lowest BCUT2D eigenvalue weighted by Crippen LogP contribution is -2.37. The van der Waals surface area contributed by atoms with Gasteiger partial charge >= 0.3 is 0 Å². The van der Waals surface area contributed by atoms with E-state index in [0.717, 1.165) is 31.3 Å². The molecule has 0 amide bonds. The highest BCUT2D eigenvalue weighted by atomic mass is 79.9. The average molecular weight is 314 g/mol. The molecule has 1 aliphatic heterocycles. The molecule has 1 unspecified atom stereocenters. The summed E-state index contributed by atoms with van der Waals surface area (Å²) in [6.07, 6.45) is 5.79. The van der Waals surface area contributed by atoms with Crippen molar-refractivity contribution in [3.05, 3.63) is 22.7 Å². The standard InChI is InChI=1S/C13H20BrN3O/c1-10(2)9-16-7-5-15-12(13(16)18)17-6-3-4-11(17)8-14/h5,7,10-11H,3-4,6,8-9H2,1-2H3. The third-order valence-electron chi connectivity index (χ3n) is 3.28. The molecule has 0 N–H and O–H groups in total. The molecule has 0 aliphatic carbocycles. The van der Waals surface area contributed by atoms with Gasteiger partial charge in [0.05, 0.1) is 0 Å². The van der Waals surface area contributed by atoms with Crippen molar-refractivity contribution in [1.29, 1.82) is 0 Å². The molecule has 1 aliphatic rings. The Hall–Kier alpha value is -0.840. The molecule has 0 radical (unpaired) electrons. The first-order valence-electron chi connectivity index (χ1n) is 6.51. The summed E-state index contributed by atoms with van der Waals surface area (Å²) < 4.78 is 1.77. The molecular formula is C13H20BrN3O. The Morgan fingerprint density at radius 2 is 2.33 bits per heavy atom. The highest BCUT2D eigenvalue weighted by Gasteiger charge is 2.26. The smallest absolute Gasteiger partial charge is 0.293 e. The normalized spacial score (nSPS) is 19.8. The summed E-state index contributed by atoms with van der Waals surface area (Å²) in [5.74, 6) is 1.07. The molecule has 1 saturated heterocycles. The highest BCUT2D eigenvalue weighted by molar-refractivity contribution is 9.09. The number of aromatic nitrogens is 2. The summed E-state index contributed by atoms with van der Waals surface area (Å²) in [4.78, 5) is 18.8. The second-order valence-electron chi connectivity index (χ2n) is 5.25. The van der Waals surface area contributed by atoms with Gasteiger partial charge in [-0.05, 0) is 18.8 Å². The van der Waals surface area contributed by atoms with Crippen LogP contribution in [0.1, 0.15) is 26.7 Å². The van der Waals surface area contributed by atoms with Gasteiger partial charge in [-0.2, -0.15) is 0 Å². The van der Waals surface area contributed by atoms with Crippen LogP contribution < -0.4 is 10.5 Å². The Labute approximate surface area is 116 Å². The summed E-state index contributed by atoms with van der Waals surface area (Å²) in [5.41, 5.74) is 0.0408. The summed E-state index contributed by atoms with van der Waals surface area (Å²) in [5, 5.41) is 0.896. The number of nitrogens with zero attached hydrogens (tertiary/aromatic N) is 3. The van der Waals surface area contributed by atoms with E-state index in [4.69, 9.17) is 0 Å². The van der Waals surface area contributed by atoms with Gasteiger partial charge in [-0.15, -0.1) is 0 Å². The van der Waals surface area contributed by atoms with E-state index in [-0.39, 0.29) is 5.56 Å².